The first-order valence-corrected chi connectivity index (χ1v) is 10.5. The quantitative estimate of drug-likeness (QED) is 0.413. The van der Waals surface area contributed by atoms with Crippen molar-refractivity contribution in [3.05, 3.63) is 96.1 Å². The van der Waals surface area contributed by atoms with Crippen LogP contribution >= 0.6 is 0 Å². The van der Waals surface area contributed by atoms with Gasteiger partial charge in [0.2, 0.25) is 0 Å². The number of hydrogen-bond donors (Lipinski definition) is 3. The van der Waals surface area contributed by atoms with Crippen LogP contribution in [-0.2, 0) is 11.2 Å². The molecule has 7 nitrogen and oxygen atoms in total. The summed E-state index contributed by atoms with van der Waals surface area (Å²) < 4.78 is 0. The fraction of sp³-hybridized carbons (Fsp3) is 0.0769. The maximum absolute atomic E-state index is 13.2. The van der Waals surface area contributed by atoms with Gasteiger partial charge in [0.15, 0.2) is 0 Å². The predicted octanol–water partition coefficient (Wildman–Crippen LogP) is 3.90. The lowest BCUT2D eigenvalue weighted by molar-refractivity contribution is -0.120. The second kappa shape index (κ2) is 8.55. The molecule has 1 aliphatic rings. The molecule has 0 radical (unpaired) electrons. The number of amides is 4. The lowest BCUT2D eigenvalue weighted by Crippen LogP contribution is -2.31. The van der Waals surface area contributed by atoms with E-state index in [0.29, 0.717) is 17.7 Å². The van der Waals surface area contributed by atoms with Gasteiger partial charge in [-0.15, -0.1) is 0 Å². The Labute approximate surface area is 189 Å². The molecule has 5 rings (SSSR count). The summed E-state index contributed by atoms with van der Waals surface area (Å²) in [5, 5.41) is 8.53. The zero-order chi connectivity index (χ0) is 22.8. The minimum Gasteiger partial charge on any atom is -0.326 e. The third-order valence-electron chi connectivity index (χ3n) is 5.54. The molecule has 7 heteroatoms. The van der Waals surface area contributed by atoms with Crippen molar-refractivity contribution in [1.29, 1.82) is 0 Å². The summed E-state index contributed by atoms with van der Waals surface area (Å²) in [7, 11) is 0. The fourth-order valence-electron chi connectivity index (χ4n) is 3.88. The monoisotopic (exact) mass is 436 g/mol. The fourth-order valence-corrected chi connectivity index (χ4v) is 3.88. The summed E-state index contributed by atoms with van der Waals surface area (Å²) in [4.78, 5) is 41.0. The number of hydrogen-bond acceptors (Lipinski definition) is 4. The number of benzene rings is 3. The molecule has 162 valence electrons. The summed E-state index contributed by atoms with van der Waals surface area (Å²) in [6.45, 7) is 0. The Kier molecular flexibility index (Phi) is 5.28. The molecule has 2 heterocycles. The first-order chi connectivity index (χ1) is 16.1. The van der Waals surface area contributed by atoms with Gasteiger partial charge >= 0.3 is 6.03 Å². The molecular weight excluding hydrogens is 416 g/mol. The SMILES string of the molecule is O=C1NC(=O)C(Cc2ccc(NC(=O)c3cc(-c4ccccc4)nc4ccccc34)cc2)N1. The van der Waals surface area contributed by atoms with Crippen LogP contribution < -0.4 is 16.0 Å². The summed E-state index contributed by atoms with van der Waals surface area (Å²) in [5.41, 5.74) is 4.45. The molecule has 0 saturated carbocycles. The van der Waals surface area contributed by atoms with Crippen molar-refractivity contribution in [2.75, 3.05) is 5.32 Å². The Bertz CT molecular complexity index is 1370. The molecule has 1 saturated heterocycles. The molecule has 0 spiro atoms. The normalized spacial score (nSPS) is 15.2. The summed E-state index contributed by atoms with van der Waals surface area (Å²) in [5.74, 6) is -0.572. The molecule has 1 fully saturated rings. The topological polar surface area (TPSA) is 100 Å². The number of urea groups is 1. The van der Waals surface area contributed by atoms with Crippen LogP contribution in [0.1, 0.15) is 15.9 Å². The maximum atomic E-state index is 13.2. The van der Waals surface area contributed by atoms with Crippen molar-refractivity contribution >= 4 is 34.4 Å². The number of para-hydroxylation sites is 1. The van der Waals surface area contributed by atoms with Gasteiger partial charge in [0, 0.05) is 23.1 Å². The van der Waals surface area contributed by atoms with E-state index >= 15 is 0 Å². The first kappa shape index (κ1) is 20.4. The second-order valence-electron chi connectivity index (χ2n) is 7.81. The number of nitrogens with zero attached hydrogens (tertiary/aromatic N) is 1. The van der Waals surface area contributed by atoms with E-state index in [-0.39, 0.29) is 11.8 Å². The number of imide groups is 1. The van der Waals surface area contributed by atoms with Gasteiger partial charge in [-0.1, -0.05) is 60.7 Å². The summed E-state index contributed by atoms with van der Waals surface area (Å²) in [6.07, 6.45) is 0.376. The highest BCUT2D eigenvalue weighted by atomic mass is 16.2. The molecule has 1 unspecified atom stereocenters. The number of rotatable bonds is 5. The smallest absolute Gasteiger partial charge is 0.322 e. The van der Waals surface area contributed by atoms with Crippen LogP contribution in [0, 0.1) is 0 Å². The second-order valence-corrected chi connectivity index (χ2v) is 7.81. The highest BCUT2D eigenvalue weighted by molar-refractivity contribution is 6.13. The maximum Gasteiger partial charge on any atom is 0.322 e. The molecule has 3 aromatic carbocycles. The van der Waals surface area contributed by atoms with Crippen molar-refractivity contribution in [2.45, 2.75) is 12.5 Å². The molecule has 1 aliphatic heterocycles. The van der Waals surface area contributed by atoms with E-state index in [0.717, 1.165) is 27.7 Å². The van der Waals surface area contributed by atoms with Crippen LogP contribution in [0.15, 0.2) is 84.9 Å². The Balaban J connectivity index is 1.39. The lowest BCUT2D eigenvalue weighted by atomic mass is 10.0. The minimum absolute atomic E-state index is 0.235. The van der Waals surface area contributed by atoms with E-state index in [9.17, 15) is 14.4 Å². The number of pyridine rings is 1. The Morgan fingerprint density at radius 1 is 0.909 bits per heavy atom. The third kappa shape index (κ3) is 4.29. The standard InChI is InChI=1S/C26H20N4O3/c31-24(27-18-12-10-16(11-13-18)14-23-25(32)30-26(33)29-23)20-15-22(17-6-2-1-3-7-17)28-21-9-5-4-8-19(20)21/h1-13,15,23H,14H2,(H,27,31)(H2,29,30,32,33). The molecule has 0 aliphatic carbocycles. The van der Waals surface area contributed by atoms with Gasteiger partial charge in [0.1, 0.15) is 6.04 Å². The van der Waals surface area contributed by atoms with Gasteiger partial charge in [0.25, 0.3) is 11.8 Å². The zero-order valence-corrected chi connectivity index (χ0v) is 17.5. The van der Waals surface area contributed by atoms with E-state index in [1.165, 1.54) is 0 Å². The third-order valence-corrected chi connectivity index (χ3v) is 5.54. The highest BCUT2D eigenvalue weighted by Crippen LogP contribution is 2.25. The van der Waals surface area contributed by atoms with Gasteiger partial charge in [-0.2, -0.15) is 0 Å². The lowest BCUT2D eigenvalue weighted by Gasteiger charge is -2.12. The molecule has 4 amide bonds. The summed E-state index contributed by atoms with van der Waals surface area (Å²) in [6, 6.07) is 25.3. The Hall–Kier alpha value is -4.52. The minimum atomic E-state index is -0.586. The number of carbonyl (C=O) groups is 3. The Morgan fingerprint density at radius 2 is 1.64 bits per heavy atom. The van der Waals surface area contributed by atoms with Crippen molar-refractivity contribution in [3.8, 4) is 11.3 Å². The van der Waals surface area contributed by atoms with E-state index in [2.05, 4.69) is 16.0 Å². The van der Waals surface area contributed by atoms with Gasteiger partial charge < -0.3 is 10.6 Å². The van der Waals surface area contributed by atoms with Crippen LogP contribution in [0.4, 0.5) is 10.5 Å². The van der Waals surface area contributed by atoms with Crippen LogP contribution in [0.25, 0.3) is 22.2 Å². The van der Waals surface area contributed by atoms with Gasteiger partial charge in [0.05, 0.1) is 16.8 Å². The number of anilines is 1. The van der Waals surface area contributed by atoms with E-state index < -0.39 is 12.1 Å². The largest absolute Gasteiger partial charge is 0.326 e. The average Bonchev–Trinajstić information content (AvgIpc) is 3.16. The van der Waals surface area contributed by atoms with E-state index in [4.69, 9.17) is 4.98 Å². The van der Waals surface area contributed by atoms with Crippen LogP contribution in [0.2, 0.25) is 0 Å². The first-order valence-electron chi connectivity index (χ1n) is 10.5. The van der Waals surface area contributed by atoms with E-state index in [1.54, 1.807) is 12.1 Å². The predicted molar refractivity (Wildman–Crippen MR) is 126 cm³/mol. The van der Waals surface area contributed by atoms with E-state index in [1.807, 2.05) is 72.8 Å². The molecule has 33 heavy (non-hydrogen) atoms. The van der Waals surface area contributed by atoms with Crippen molar-refractivity contribution < 1.29 is 14.4 Å². The Morgan fingerprint density at radius 3 is 2.36 bits per heavy atom. The number of fused-ring (bicyclic) bond motifs is 1. The number of carbonyl (C=O) groups excluding carboxylic acids is 3. The average molecular weight is 436 g/mol. The van der Waals surface area contributed by atoms with Crippen LogP contribution in [-0.4, -0.2) is 28.9 Å². The molecule has 3 N–H and O–H groups in total. The molecule has 0 bridgehead atoms. The number of aromatic nitrogens is 1. The molecule has 4 aromatic rings. The van der Waals surface area contributed by atoms with Crippen LogP contribution in [0.5, 0.6) is 0 Å². The zero-order valence-electron chi connectivity index (χ0n) is 17.5. The molecule has 1 aromatic heterocycles. The van der Waals surface area contributed by atoms with Gasteiger partial charge in [-0.25, -0.2) is 9.78 Å². The molecule has 1 atom stereocenters. The van der Waals surface area contributed by atoms with Crippen molar-refractivity contribution in [1.82, 2.24) is 15.6 Å². The highest BCUT2D eigenvalue weighted by Gasteiger charge is 2.29. The number of nitrogens with one attached hydrogen (secondary N) is 3. The van der Waals surface area contributed by atoms with Crippen molar-refractivity contribution in [2.24, 2.45) is 0 Å². The molecular formula is C26H20N4O3. The van der Waals surface area contributed by atoms with Gasteiger partial charge in [-0.3, -0.25) is 14.9 Å². The van der Waals surface area contributed by atoms with Gasteiger partial charge in [-0.05, 0) is 29.8 Å². The van der Waals surface area contributed by atoms with Crippen LogP contribution in [0.3, 0.4) is 0 Å². The van der Waals surface area contributed by atoms with Crippen molar-refractivity contribution in [3.63, 3.8) is 0 Å². The summed E-state index contributed by atoms with van der Waals surface area (Å²) >= 11 is 0.